The molecule has 1 aliphatic heterocycles. The van der Waals surface area contributed by atoms with Crippen LogP contribution in [0.3, 0.4) is 0 Å². The first-order valence-electron chi connectivity index (χ1n) is 5.58. The summed E-state index contributed by atoms with van der Waals surface area (Å²) in [7, 11) is 2.22. The van der Waals surface area contributed by atoms with Gasteiger partial charge in [-0.05, 0) is 32.2 Å². The Morgan fingerprint density at radius 3 is 2.86 bits per heavy atom. The molecule has 3 unspecified atom stereocenters. The summed E-state index contributed by atoms with van der Waals surface area (Å²) < 4.78 is 0. The minimum absolute atomic E-state index is 0.737. The minimum atomic E-state index is 0.737. The van der Waals surface area contributed by atoms with Crippen molar-refractivity contribution in [3.05, 3.63) is 0 Å². The molecule has 2 nitrogen and oxygen atoms in total. The number of nitrogens with one attached hydrogen (secondary N) is 1. The van der Waals surface area contributed by atoms with E-state index < -0.39 is 0 Å². The maximum Gasteiger partial charge on any atom is 0.0141 e. The number of thioether (sulfide) groups is 1. The molecule has 3 heteroatoms. The summed E-state index contributed by atoms with van der Waals surface area (Å²) in [6, 6.07) is 0.737. The van der Waals surface area contributed by atoms with E-state index in [1.807, 2.05) is 11.8 Å². The van der Waals surface area contributed by atoms with E-state index in [0.29, 0.717) is 0 Å². The van der Waals surface area contributed by atoms with E-state index in [1.165, 1.54) is 19.5 Å². The highest BCUT2D eigenvalue weighted by Gasteiger charge is 2.23. The Bertz CT molecular complexity index is 163. The van der Waals surface area contributed by atoms with Crippen molar-refractivity contribution < 1.29 is 0 Å². The van der Waals surface area contributed by atoms with Gasteiger partial charge in [0.15, 0.2) is 0 Å². The maximum absolute atomic E-state index is 3.70. The summed E-state index contributed by atoms with van der Waals surface area (Å²) in [5, 5.41) is 4.43. The molecule has 1 aliphatic rings. The number of likely N-dealkylation sites (tertiary alicyclic amines) is 1. The van der Waals surface area contributed by atoms with Crippen molar-refractivity contribution in [1.29, 1.82) is 0 Å². The van der Waals surface area contributed by atoms with Crippen LogP contribution in [0, 0.1) is 5.92 Å². The van der Waals surface area contributed by atoms with Crippen molar-refractivity contribution >= 4 is 11.8 Å². The SMILES string of the molecule is CSC(C)CNC1CCN(C)CC1C. The Morgan fingerprint density at radius 2 is 2.29 bits per heavy atom. The molecule has 14 heavy (non-hydrogen) atoms. The molecule has 0 aromatic heterocycles. The zero-order valence-corrected chi connectivity index (χ0v) is 10.7. The third-order valence-electron chi connectivity index (χ3n) is 3.18. The molecule has 0 bridgehead atoms. The fourth-order valence-corrected chi connectivity index (χ4v) is 2.32. The highest BCUT2D eigenvalue weighted by Crippen LogP contribution is 2.15. The van der Waals surface area contributed by atoms with E-state index in [1.54, 1.807) is 0 Å². The lowest BCUT2D eigenvalue weighted by Gasteiger charge is -2.35. The third kappa shape index (κ3) is 3.79. The molecule has 0 aromatic carbocycles. The smallest absolute Gasteiger partial charge is 0.0141 e. The van der Waals surface area contributed by atoms with Gasteiger partial charge < -0.3 is 10.2 Å². The van der Waals surface area contributed by atoms with Gasteiger partial charge in [-0.2, -0.15) is 11.8 Å². The second kappa shape index (κ2) is 5.99. The van der Waals surface area contributed by atoms with Gasteiger partial charge >= 0.3 is 0 Å². The lowest BCUT2D eigenvalue weighted by atomic mass is 9.94. The van der Waals surface area contributed by atoms with Crippen molar-refractivity contribution in [3.8, 4) is 0 Å². The Hall–Kier alpha value is 0.270. The number of rotatable bonds is 4. The summed E-state index contributed by atoms with van der Waals surface area (Å²) in [6.45, 7) is 8.29. The van der Waals surface area contributed by atoms with Gasteiger partial charge in [-0.25, -0.2) is 0 Å². The topological polar surface area (TPSA) is 15.3 Å². The molecule has 1 fully saturated rings. The standard InChI is InChI=1S/C11H24N2S/c1-9-8-13(3)6-5-11(9)12-7-10(2)14-4/h9-12H,5-8H2,1-4H3. The van der Waals surface area contributed by atoms with Crippen molar-refractivity contribution in [1.82, 2.24) is 10.2 Å². The van der Waals surface area contributed by atoms with Crippen LogP contribution < -0.4 is 5.32 Å². The fourth-order valence-electron chi connectivity index (χ4n) is 2.06. The molecular formula is C11H24N2S. The first-order valence-corrected chi connectivity index (χ1v) is 6.87. The molecule has 0 amide bonds. The molecular weight excluding hydrogens is 192 g/mol. The molecule has 0 aromatic rings. The Labute approximate surface area is 92.8 Å². The summed E-state index contributed by atoms with van der Waals surface area (Å²) in [6.07, 6.45) is 3.49. The van der Waals surface area contributed by atoms with Crippen LogP contribution in [0.15, 0.2) is 0 Å². The molecule has 0 radical (unpaired) electrons. The van der Waals surface area contributed by atoms with E-state index in [2.05, 4.69) is 37.4 Å². The van der Waals surface area contributed by atoms with Crippen molar-refractivity contribution in [2.75, 3.05) is 32.9 Å². The van der Waals surface area contributed by atoms with Gasteiger partial charge in [0.05, 0.1) is 0 Å². The van der Waals surface area contributed by atoms with Crippen molar-refractivity contribution in [2.24, 2.45) is 5.92 Å². The Morgan fingerprint density at radius 1 is 1.57 bits per heavy atom. The lowest BCUT2D eigenvalue weighted by Crippen LogP contribution is -2.48. The van der Waals surface area contributed by atoms with E-state index in [9.17, 15) is 0 Å². The van der Waals surface area contributed by atoms with Crippen molar-refractivity contribution in [2.45, 2.75) is 31.6 Å². The van der Waals surface area contributed by atoms with Crippen LogP contribution in [-0.4, -0.2) is 49.1 Å². The predicted octanol–water partition coefficient (Wildman–Crippen LogP) is 1.67. The normalized spacial score (nSPS) is 31.7. The van der Waals surface area contributed by atoms with E-state index in [-0.39, 0.29) is 0 Å². The van der Waals surface area contributed by atoms with Gasteiger partial charge in [0.1, 0.15) is 0 Å². The Balaban J connectivity index is 2.24. The summed E-state index contributed by atoms with van der Waals surface area (Å²) in [5.41, 5.74) is 0. The average molecular weight is 216 g/mol. The number of piperidine rings is 1. The molecule has 84 valence electrons. The van der Waals surface area contributed by atoms with Gasteiger partial charge in [-0.15, -0.1) is 0 Å². The lowest BCUT2D eigenvalue weighted by molar-refractivity contribution is 0.176. The maximum atomic E-state index is 3.70. The summed E-state index contributed by atoms with van der Waals surface area (Å²) >= 11 is 1.94. The first kappa shape index (κ1) is 12.3. The van der Waals surface area contributed by atoms with E-state index >= 15 is 0 Å². The largest absolute Gasteiger partial charge is 0.313 e. The monoisotopic (exact) mass is 216 g/mol. The average Bonchev–Trinajstić information content (AvgIpc) is 2.16. The van der Waals surface area contributed by atoms with Gasteiger partial charge in [0, 0.05) is 24.4 Å². The molecule has 1 heterocycles. The molecule has 0 spiro atoms. The van der Waals surface area contributed by atoms with Gasteiger partial charge in [0.25, 0.3) is 0 Å². The Kier molecular flexibility index (Phi) is 5.28. The van der Waals surface area contributed by atoms with Gasteiger partial charge in [0.2, 0.25) is 0 Å². The third-order valence-corrected chi connectivity index (χ3v) is 4.15. The van der Waals surface area contributed by atoms with Crippen LogP contribution in [-0.2, 0) is 0 Å². The summed E-state index contributed by atoms with van der Waals surface area (Å²) in [5.74, 6) is 0.794. The predicted molar refractivity (Wildman–Crippen MR) is 66.0 cm³/mol. The van der Waals surface area contributed by atoms with Crippen LogP contribution in [0.1, 0.15) is 20.3 Å². The van der Waals surface area contributed by atoms with E-state index in [0.717, 1.165) is 23.8 Å². The number of hydrogen-bond donors (Lipinski definition) is 1. The molecule has 0 aliphatic carbocycles. The second-order valence-electron chi connectivity index (χ2n) is 4.59. The molecule has 1 saturated heterocycles. The molecule has 3 atom stereocenters. The first-order chi connectivity index (χ1) is 6.63. The van der Waals surface area contributed by atoms with Crippen molar-refractivity contribution in [3.63, 3.8) is 0 Å². The quantitative estimate of drug-likeness (QED) is 0.769. The van der Waals surface area contributed by atoms with Crippen LogP contribution in [0.2, 0.25) is 0 Å². The number of nitrogens with zero attached hydrogens (tertiary/aromatic N) is 1. The minimum Gasteiger partial charge on any atom is -0.313 e. The highest BCUT2D eigenvalue weighted by atomic mass is 32.2. The fraction of sp³-hybridized carbons (Fsp3) is 1.00. The van der Waals surface area contributed by atoms with Crippen LogP contribution >= 0.6 is 11.8 Å². The van der Waals surface area contributed by atoms with Gasteiger partial charge in [-0.1, -0.05) is 13.8 Å². The molecule has 0 saturated carbocycles. The van der Waals surface area contributed by atoms with E-state index in [4.69, 9.17) is 0 Å². The van der Waals surface area contributed by atoms with Gasteiger partial charge in [-0.3, -0.25) is 0 Å². The number of hydrogen-bond acceptors (Lipinski definition) is 3. The van der Waals surface area contributed by atoms with Crippen LogP contribution in [0.25, 0.3) is 0 Å². The zero-order valence-electron chi connectivity index (χ0n) is 9.92. The van der Waals surface area contributed by atoms with Crippen LogP contribution in [0.4, 0.5) is 0 Å². The highest BCUT2D eigenvalue weighted by molar-refractivity contribution is 7.99. The molecule has 1 rings (SSSR count). The molecule has 1 N–H and O–H groups in total. The zero-order chi connectivity index (χ0) is 10.6. The van der Waals surface area contributed by atoms with Crippen LogP contribution in [0.5, 0.6) is 0 Å². The second-order valence-corrected chi connectivity index (χ2v) is 5.87. The summed E-state index contributed by atoms with van der Waals surface area (Å²) in [4.78, 5) is 2.43.